The Kier molecular flexibility index (Phi) is 4.50. The van der Waals surface area contributed by atoms with Crippen molar-refractivity contribution in [2.45, 2.75) is 12.8 Å². The smallest absolute Gasteiger partial charge is 0.0462 e. The van der Waals surface area contributed by atoms with Crippen LogP contribution in [0.5, 0.6) is 0 Å². The third-order valence-electron chi connectivity index (χ3n) is 2.20. The molecule has 0 saturated carbocycles. The first kappa shape index (κ1) is 10.2. The number of nitrogens with two attached hydrogens (primary N) is 1. The molecule has 0 aliphatic carbocycles. The van der Waals surface area contributed by atoms with Crippen LogP contribution in [0, 0.1) is 5.92 Å². The Morgan fingerprint density at radius 3 is 2.46 bits per heavy atom. The van der Waals surface area contributed by atoms with Gasteiger partial charge in [0.15, 0.2) is 0 Å². The van der Waals surface area contributed by atoms with Gasteiger partial charge in [-0.2, -0.15) is 0 Å². The molecule has 0 unspecified atom stereocenters. The summed E-state index contributed by atoms with van der Waals surface area (Å²) in [6.45, 7) is 0.879. The molecule has 1 aromatic carbocycles. The summed E-state index contributed by atoms with van der Waals surface area (Å²) in [6.07, 6.45) is 1.82. The van der Waals surface area contributed by atoms with Crippen LogP contribution in [0.25, 0.3) is 0 Å². The van der Waals surface area contributed by atoms with Crippen molar-refractivity contribution in [3.8, 4) is 0 Å². The number of benzene rings is 1. The molecule has 1 atom stereocenters. The van der Waals surface area contributed by atoms with E-state index in [0.717, 1.165) is 12.8 Å². The Bertz CT molecular complexity index is 223. The van der Waals surface area contributed by atoms with Crippen molar-refractivity contribution < 1.29 is 5.11 Å². The lowest BCUT2D eigenvalue weighted by molar-refractivity contribution is 0.219. The molecule has 0 heterocycles. The molecule has 0 spiro atoms. The predicted octanol–water partition coefficient (Wildman–Crippen LogP) is 1.19. The first-order valence-electron chi connectivity index (χ1n) is 4.71. The van der Waals surface area contributed by atoms with Gasteiger partial charge in [0.05, 0.1) is 0 Å². The zero-order valence-electron chi connectivity index (χ0n) is 7.82. The maximum Gasteiger partial charge on any atom is 0.0462 e. The van der Waals surface area contributed by atoms with Crippen LogP contribution in [0.1, 0.15) is 12.0 Å². The van der Waals surface area contributed by atoms with E-state index in [1.165, 1.54) is 5.56 Å². The van der Waals surface area contributed by atoms with Gasteiger partial charge in [0, 0.05) is 6.61 Å². The molecule has 2 nitrogen and oxygen atoms in total. The summed E-state index contributed by atoms with van der Waals surface area (Å²) < 4.78 is 0. The topological polar surface area (TPSA) is 46.2 Å². The van der Waals surface area contributed by atoms with Crippen LogP contribution >= 0.6 is 0 Å². The van der Waals surface area contributed by atoms with Crippen LogP contribution in [-0.4, -0.2) is 18.3 Å². The molecule has 72 valence electrons. The lowest BCUT2D eigenvalue weighted by Gasteiger charge is -2.12. The molecule has 0 saturated heterocycles. The van der Waals surface area contributed by atoms with Crippen molar-refractivity contribution in [1.29, 1.82) is 0 Å². The molecule has 1 rings (SSSR count). The highest BCUT2D eigenvalue weighted by Crippen LogP contribution is 2.10. The highest BCUT2D eigenvalue weighted by molar-refractivity contribution is 5.15. The molecule has 0 fully saturated rings. The zero-order valence-corrected chi connectivity index (χ0v) is 7.82. The summed E-state index contributed by atoms with van der Waals surface area (Å²) in [6, 6.07) is 10.2. The highest BCUT2D eigenvalue weighted by atomic mass is 16.3. The fraction of sp³-hybridized carbons (Fsp3) is 0.455. The SMILES string of the molecule is NCC[C@H](CO)Cc1ccccc1. The molecule has 0 aromatic heterocycles. The lowest BCUT2D eigenvalue weighted by atomic mass is 9.97. The molecule has 1 aromatic rings. The summed E-state index contributed by atoms with van der Waals surface area (Å²) in [5.74, 6) is 0.312. The summed E-state index contributed by atoms with van der Waals surface area (Å²) in [4.78, 5) is 0. The summed E-state index contributed by atoms with van der Waals surface area (Å²) >= 11 is 0. The third-order valence-corrected chi connectivity index (χ3v) is 2.20. The molecule has 0 aliphatic rings. The Labute approximate surface area is 79.4 Å². The van der Waals surface area contributed by atoms with Crippen molar-refractivity contribution >= 4 is 0 Å². The zero-order chi connectivity index (χ0) is 9.52. The Balaban J connectivity index is 2.46. The molecule has 3 N–H and O–H groups in total. The van der Waals surface area contributed by atoms with E-state index in [1.54, 1.807) is 0 Å². The van der Waals surface area contributed by atoms with Crippen LogP contribution in [-0.2, 0) is 6.42 Å². The largest absolute Gasteiger partial charge is 0.396 e. The number of hydrogen-bond donors (Lipinski definition) is 2. The molecule has 13 heavy (non-hydrogen) atoms. The first-order valence-corrected chi connectivity index (χ1v) is 4.71. The maximum absolute atomic E-state index is 9.06. The molecule has 2 heteroatoms. The van der Waals surface area contributed by atoms with Crippen molar-refractivity contribution in [1.82, 2.24) is 0 Å². The van der Waals surface area contributed by atoms with E-state index < -0.39 is 0 Å². The molecule has 0 aliphatic heterocycles. The first-order chi connectivity index (χ1) is 6.36. The van der Waals surface area contributed by atoms with Gasteiger partial charge in [0.25, 0.3) is 0 Å². The van der Waals surface area contributed by atoms with Crippen LogP contribution in [0.3, 0.4) is 0 Å². The van der Waals surface area contributed by atoms with Gasteiger partial charge in [-0.15, -0.1) is 0 Å². The highest BCUT2D eigenvalue weighted by Gasteiger charge is 2.06. The number of aliphatic hydroxyl groups excluding tert-OH is 1. The van der Waals surface area contributed by atoms with Crippen molar-refractivity contribution in [3.05, 3.63) is 35.9 Å². The van der Waals surface area contributed by atoms with Gasteiger partial charge in [0.1, 0.15) is 0 Å². The van der Waals surface area contributed by atoms with Gasteiger partial charge >= 0.3 is 0 Å². The summed E-state index contributed by atoms with van der Waals surface area (Å²) in [7, 11) is 0. The van der Waals surface area contributed by atoms with Gasteiger partial charge in [-0.3, -0.25) is 0 Å². The molecule has 0 amide bonds. The monoisotopic (exact) mass is 179 g/mol. The minimum Gasteiger partial charge on any atom is -0.396 e. The van der Waals surface area contributed by atoms with Crippen LogP contribution < -0.4 is 5.73 Å². The normalized spacial score (nSPS) is 12.8. The van der Waals surface area contributed by atoms with Gasteiger partial charge in [-0.25, -0.2) is 0 Å². The van der Waals surface area contributed by atoms with Gasteiger partial charge < -0.3 is 10.8 Å². The molecule has 0 radical (unpaired) electrons. The van der Waals surface area contributed by atoms with Gasteiger partial charge in [-0.1, -0.05) is 30.3 Å². The fourth-order valence-corrected chi connectivity index (χ4v) is 1.44. The Hall–Kier alpha value is -0.860. The van der Waals surface area contributed by atoms with Crippen LogP contribution in [0.15, 0.2) is 30.3 Å². The second kappa shape index (κ2) is 5.73. The average Bonchev–Trinajstić information content (AvgIpc) is 2.19. The van der Waals surface area contributed by atoms with Crippen LogP contribution in [0.2, 0.25) is 0 Å². The van der Waals surface area contributed by atoms with E-state index >= 15 is 0 Å². The Morgan fingerprint density at radius 2 is 1.92 bits per heavy atom. The number of rotatable bonds is 5. The van der Waals surface area contributed by atoms with E-state index in [4.69, 9.17) is 10.8 Å². The van der Waals surface area contributed by atoms with E-state index in [-0.39, 0.29) is 6.61 Å². The van der Waals surface area contributed by atoms with E-state index in [9.17, 15) is 0 Å². The summed E-state index contributed by atoms with van der Waals surface area (Å²) in [5, 5.41) is 9.06. The van der Waals surface area contributed by atoms with Gasteiger partial charge in [0.2, 0.25) is 0 Å². The quantitative estimate of drug-likeness (QED) is 0.713. The van der Waals surface area contributed by atoms with Crippen molar-refractivity contribution in [3.63, 3.8) is 0 Å². The number of hydrogen-bond acceptors (Lipinski definition) is 2. The van der Waals surface area contributed by atoms with Gasteiger partial charge in [-0.05, 0) is 30.9 Å². The minimum absolute atomic E-state index is 0.228. The standard InChI is InChI=1S/C11H17NO/c12-7-6-11(9-13)8-10-4-2-1-3-5-10/h1-5,11,13H,6-9,12H2/t11-/m0/s1. The lowest BCUT2D eigenvalue weighted by Crippen LogP contribution is -2.14. The predicted molar refractivity (Wildman–Crippen MR) is 54.4 cm³/mol. The van der Waals surface area contributed by atoms with Crippen LogP contribution in [0.4, 0.5) is 0 Å². The molecular weight excluding hydrogens is 162 g/mol. The number of aliphatic hydroxyl groups is 1. The molecule has 0 bridgehead atoms. The average molecular weight is 179 g/mol. The van der Waals surface area contributed by atoms with Crippen molar-refractivity contribution in [2.24, 2.45) is 11.7 Å². The van der Waals surface area contributed by atoms with E-state index in [2.05, 4.69) is 12.1 Å². The van der Waals surface area contributed by atoms with E-state index in [1.807, 2.05) is 18.2 Å². The maximum atomic E-state index is 9.06. The molecular formula is C11H17NO. The fourth-order valence-electron chi connectivity index (χ4n) is 1.44. The van der Waals surface area contributed by atoms with Crippen molar-refractivity contribution in [2.75, 3.05) is 13.2 Å². The summed E-state index contributed by atoms with van der Waals surface area (Å²) in [5.41, 5.74) is 6.72. The second-order valence-electron chi connectivity index (χ2n) is 3.32. The Morgan fingerprint density at radius 1 is 1.23 bits per heavy atom. The third kappa shape index (κ3) is 3.57. The van der Waals surface area contributed by atoms with E-state index in [0.29, 0.717) is 12.5 Å². The minimum atomic E-state index is 0.228. The second-order valence-corrected chi connectivity index (χ2v) is 3.32.